The lowest BCUT2D eigenvalue weighted by atomic mass is 9.82. The van der Waals surface area contributed by atoms with Crippen LogP contribution in [-0.4, -0.2) is 70.4 Å². The molecule has 0 aromatic heterocycles. The van der Waals surface area contributed by atoms with Gasteiger partial charge in [0.2, 0.25) is 11.7 Å². The van der Waals surface area contributed by atoms with Crippen molar-refractivity contribution >= 4 is 40.6 Å². The highest BCUT2D eigenvalue weighted by molar-refractivity contribution is 6.31. The molecule has 10 heteroatoms. The lowest BCUT2D eigenvalue weighted by Gasteiger charge is -2.44. The van der Waals surface area contributed by atoms with Crippen molar-refractivity contribution in [3.8, 4) is 0 Å². The highest BCUT2D eigenvalue weighted by atomic mass is 35.5. The first-order valence-electron chi connectivity index (χ1n) is 9.30. The molecule has 4 N–H and O–H groups in total. The quantitative estimate of drug-likeness (QED) is 0.469. The van der Waals surface area contributed by atoms with Crippen LogP contribution in [0.3, 0.4) is 0 Å². The van der Waals surface area contributed by atoms with Crippen LogP contribution < -0.4 is 9.91 Å². The Kier molecular flexibility index (Phi) is 4.86. The molecule has 4 atom stereocenters. The average Bonchev–Trinajstić information content (AvgIpc) is 3.19. The number of likely N-dealkylation sites (N-methyl/N-ethyl adjacent to an activating group) is 1. The molecule has 0 radical (unpaired) electrons. The summed E-state index contributed by atoms with van der Waals surface area (Å²) in [6.07, 6.45) is -0.513. The summed E-state index contributed by atoms with van der Waals surface area (Å²) in [5, 5.41) is 35.5. The van der Waals surface area contributed by atoms with Crippen molar-refractivity contribution in [3.05, 3.63) is 34.5 Å². The number of β-lactam (4-membered cyclic amide) rings is 1. The first-order valence-corrected chi connectivity index (χ1v) is 9.68. The van der Waals surface area contributed by atoms with E-state index >= 15 is 0 Å². The Morgan fingerprint density at radius 3 is 2.72 bits per heavy atom. The van der Waals surface area contributed by atoms with Crippen molar-refractivity contribution in [1.82, 2.24) is 4.90 Å². The molecule has 1 fully saturated rings. The number of hydrazone groups is 1. The van der Waals surface area contributed by atoms with Crippen molar-refractivity contribution in [3.63, 3.8) is 0 Å². The van der Waals surface area contributed by atoms with Gasteiger partial charge in [0.05, 0.1) is 30.8 Å². The van der Waals surface area contributed by atoms with E-state index in [2.05, 4.69) is 5.10 Å². The second-order valence-electron chi connectivity index (χ2n) is 7.62. The van der Waals surface area contributed by atoms with Crippen LogP contribution in [0.2, 0.25) is 5.02 Å². The van der Waals surface area contributed by atoms with Gasteiger partial charge in [-0.3, -0.25) is 9.69 Å². The average molecular weight is 422 g/mol. The zero-order valence-corrected chi connectivity index (χ0v) is 16.7. The van der Waals surface area contributed by atoms with Crippen molar-refractivity contribution in [1.29, 1.82) is 0 Å². The fourth-order valence-electron chi connectivity index (χ4n) is 4.32. The number of benzene rings is 1. The number of aliphatic carboxylic acids is 1. The van der Waals surface area contributed by atoms with Crippen LogP contribution in [0.1, 0.15) is 18.9 Å². The molecule has 1 saturated heterocycles. The van der Waals surface area contributed by atoms with Gasteiger partial charge in [0.1, 0.15) is 12.3 Å². The molecular formula is C19H22ClN4O5+. The number of aliphatic hydroxyl groups is 2. The standard InChI is InChI=1S/C19H21ClN4O5/c1-9(26)16-14-6-13(17(19(28)29)24(14)18(16)27)10-3-11(20)5-12(4-10)23-8-22(2)15(7-25)21-23/h3-5,9,14,16,25-26H,6-8H2,1-2H3,(H,28,29)/p+1. The monoisotopic (exact) mass is 421 g/mol. The number of carboxylic acid groups (broad SMARTS) is 1. The number of carbonyl (C=O) groups excluding carboxylic acids is 1. The number of nitrogens with one attached hydrogen (secondary N) is 1. The number of carboxylic acids is 1. The van der Waals surface area contributed by atoms with E-state index in [9.17, 15) is 24.9 Å². The predicted octanol–water partition coefficient (Wildman–Crippen LogP) is -0.655. The van der Waals surface area contributed by atoms with Crippen LogP contribution in [-0.2, 0) is 9.59 Å². The summed E-state index contributed by atoms with van der Waals surface area (Å²) in [5.74, 6) is -1.57. The fraction of sp³-hybridized carbons (Fsp3) is 0.421. The van der Waals surface area contributed by atoms with Crippen molar-refractivity contribution in [2.75, 3.05) is 25.3 Å². The van der Waals surface area contributed by atoms with Crippen LogP contribution in [0.25, 0.3) is 5.57 Å². The van der Waals surface area contributed by atoms with Crippen LogP contribution in [0.15, 0.2) is 29.0 Å². The molecule has 154 valence electrons. The zero-order chi connectivity index (χ0) is 21.0. The maximum absolute atomic E-state index is 12.4. The van der Waals surface area contributed by atoms with Gasteiger partial charge in [0.15, 0.2) is 6.67 Å². The molecular weight excluding hydrogens is 400 g/mol. The van der Waals surface area contributed by atoms with Gasteiger partial charge in [-0.2, -0.15) is 0 Å². The Bertz CT molecular complexity index is 960. The molecule has 4 rings (SSSR count). The minimum atomic E-state index is -1.19. The maximum Gasteiger partial charge on any atom is 0.352 e. The number of nitrogens with zero attached hydrogens (tertiary/aromatic N) is 3. The van der Waals surface area contributed by atoms with Crippen LogP contribution in [0.4, 0.5) is 5.69 Å². The number of hydrogen-bond acceptors (Lipinski definition) is 6. The summed E-state index contributed by atoms with van der Waals surface area (Å²) in [6, 6.07) is 4.80. The van der Waals surface area contributed by atoms with Crippen molar-refractivity contribution in [2.24, 2.45) is 11.0 Å². The Morgan fingerprint density at radius 1 is 1.41 bits per heavy atom. The van der Waals surface area contributed by atoms with E-state index in [1.165, 1.54) is 4.90 Å². The summed E-state index contributed by atoms with van der Waals surface area (Å²) in [7, 11) is 1.88. The molecule has 0 spiro atoms. The minimum absolute atomic E-state index is 0.0613. The Hall–Kier alpha value is -2.46. The van der Waals surface area contributed by atoms with Gasteiger partial charge in [-0.05, 0) is 42.7 Å². The number of rotatable bonds is 5. The van der Waals surface area contributed by atoms with E-state index in [0.717, 1.165) is 4.90 Å². The molecule has 1 aromatic rings. The largest absolute Gasteiger partial charge is 0.477 e. The lowest BCUT2D eigenvalue weighted by molar-refractivity contribution is -0.776. The highest BCUT2D eigenvalue weighted by Crippen LogP contribution is 2.47. The summed E-state index contributed by atoms with van der Waals surface area (Å²) in [6.45, 7) is 1.88. The molecule has 1 aromatic carbocycles. The molecule has 0 saturated carbocycles. The van der Waals surface area contributed by atoms with E-state index in [1.54, 1.807) is 30.1 Å². The third-order valence-corrected chi connectivity index (χ3v) is 5.95. The molecule has 0 aliphatic carbocycles. The van der Waals surface area contributed by atoms with Gasteiger partial charge in [-0.25, -0.2) is 9.80 Å². The number of carbonyl (C=O) groups is 2. The third kappa shape index (κ3) is 3.10. The first-order chi connectivity index (χ1) is 13.7. The van der Waals surface area contributed by atoms with Gasteiger partial charge >= 0.3 is 5.97 Å². The van der Waals surface area contributed by atoms with E-state index in [1.807, 2.05) is 7.05 Å². The van der Waals surface area contributed by atoms with Gasteiger partial charge in [0.25, 0.3) is 0 Å². The van der Waals surface area contributed by atoms with Crippen LogP contribution in [0, 0.1) is 5.92 Å². The molecule has 9 nitrogen and oxygen atoms in total. The predicted molar refractivity (Wildman–Crippen MR) is 105 cm³/mol. The number of amides is 1. The Balaban J connectivity index is 1.74. The Morgan fingerprint density at radius 2 is 2.14 bits per heavy atom. The zero-order valence-electron chi connectivity index (χ0n) is 16.0. The molecule has 4 unspecified atom stereocenters. The number of hydrogen-bond donors (Lipinski definition) is 4. The third-order valence-electron chi connectivity index (χ3n) is 5.73. The number of amidine groups is 1. The number of anilines is 1. The summed E-state index contributed by atoms with van der Waals surface area (Å²) >= 11 is 6.32. The van der Waals surface area contributed by atoms with Gasteiger partial charge in [-0.15, -0.1) is 5.10 Å². The molecule has 29 heavy (non-hydrogen) atoms. The SMILES string of the molecule is CC(O)C1C(=O)N2C(C(=O)O)=C(c3cc(Cl)cc(N4C[NH+](C)C(CO)=N4)c3)CC12. The summed E-state index contributed by atoms with van der Waals surface area (Å²) in [5.41, 5.74) is 1.71. The molecule has 3 aliphatic heterocycles. The molecule has 0 bridgehead atoms. The van der Waals surface area contributed by atoms with Gasteiger partial charge < -0.3 is 20.2 Å². The maximum atomic E-state index is 12.4. The number of fused-ring (bicyclic) bond motifs is 1. The smallest absolute Gasteiger partial charge is 0.352 e. The second-order valence-corrected chi connectivity index (χ2v) is 8.06. The fourth-order valence-corrected chi connectivity index (χ4v) is 4.55. The lowest BCUT2D eigenvalue weighted by Crippen LogP contribution is -3.11. The normalized spacial score (nSPS) is 27.1. The summed E-state index contributed by atoms with van der Waals surface area (Å²) in [4.78, 5) is 26.6. The van der Waals surface area contributed by atoms with E-state index in [0.29, 0.717) is 40.8 Å². The number of aliphatic hydroxyl groups excluding tert-OH is 2. The van der Waals surface area contributed by atoms with E-state index < -0.39 is 18.0 Å². The number of quaternary nitrogens is 1. The van der Waals surface area contributed by atoms with Crippen molar-refractivity contribution < 1.29 is 29.8 Å². The minimum Gasteiger partial charge on any atom is -0.477 e. The van der Waals surface area contributed by atoms with E-state index in [-0.39, 0.29) is 24.3 Å². The second kappa shape index (κ2) is 7.10. The number of halogens is 1. The van der Waals surface area contributed by atoms with Crippen molar-refractivity contribution in [2.45, 2.75) is 25.5 Å². The Labute approximate surface area is 172 Å². The van der Waals surface area contributed by atoms with Crippen LogP contribution >= 0.6 is 11.6 Å². The molecule has 3 aliphatic rings. The van der Waals surface area contributed by atoms with Gasteiger partial charge in [0, 0.05) is 5.02 Å². The van der Waals surface area contributed by atoms with Crippen LogP contribution in [0.5, 0.6) is 0 Å². The van der Waals surface area contributed by atoms with Gasteiger partial charge in [-0.1, -0.05) is 11.6 Å². The molecule has 1 amide bonds. The summed E-state index contributed by atoms with van der Waals surface area (Å²) < 4.78 is 0. The first kappa shape index (κ1) is 19.8. The van der Waals surface area contributed by atoms with E-state index in [4.69, 9.17) is 11.6 Å². The molecule has 3 heterocycles. The highest BCUT2D eigenvalue weighted by Gasteiger charge is 2.56. The topological polar surface area (TPSA) is 118 Å².